The van der Waals surface area contributed by atoms with Crippen LogP contribution in [0, 0.1) is 11.3 Å². The first-order valence-corrected chi connectivity index (χ1v) is 4.87. The summed E-state index contributed by atoms with van der Waals surface area (Å²) in [5.74, 6) is 0. The summed E-state index contributed by atoms with van der Waals surface area (Å²) in [5.41, 5.74) is -1.52. The van der Waals surface area contributed by atoms with Gasteiger partial charge in [-0.1, -0.05) is 0 Å². The molecule has 1 saturated carbocycles. The summed E-state index contributed by atoms with van der Waals surface area (Å²) in [4.78, 5) is 11.4. The van der Waals surface area contributed by atoms with Crippen molar-refractivity contribution in [3.05, 3.63) is 0 Å². The molecule has 0 atom stereocenters. The van der Waals surface area contributed by atoms with Crippen molar-refractivity contribution < 1.29 is 14.6 Å². The number of nitriles is 1. The monoisotopic (exact) mass is 212 g/mol. The Kier molecular flexibility index (Phi) is 2.91. The average molecular weight is 212 g/mol. The predicted octanol–water partition coefficient (Wildman–Crippen LogP) is 0.928. The van der Waals surface area contributed by atoms with Crippen LogP contribution in [0.5, 0.6) is 0 Å². The molecule has 0 spiro atoms. The van der Waals surface area contributed by atoms with Crippen LogP contribution in [0.15, 0.2) is 0 Å². The number of carbonyl (C=O) groups excluding carboxylic acids is 1. The number of carbonyl (C=O) groups is 1. The van der Waals surface area contributed by atoms with Crippen LogP contribution in [0.4, 0.5) is 4.79 Å². The van der Waals surface area contributed by atoms with Crippen molar-refractivity contribution in [1.29, 1.82) is 5.26 Å². The van der Waals surface area contributed by atoms with Crippen LogP contribution < -0.4 is 5.32 Å². The quantitative estimate of drug-likeness (QED) is 0.677. The molecule has 0 aromatic heterocycles. The van der Waals surface area contributed by atoms with Gasteiger partial charge in [-0.15, -0.1) is 0 Å². The van der Waals surface area contributed by atoms with Crippen LogP contribution in [-0.2, 0) is 4.74 Å². The van der Waals surface area contributed by atoms with Crippen molar-refractivity contribution >= 4 is 6.09 Å². The molecule has 0 radical (unpaired) electrons. The van der Waals surface area contributed by atoms with Gasteiger partial charge < -0.3 is 15.2 Å². The molecule has 5 heteroatoms. The number of hydrogen-bond acceptors (Lipinski definition) is 4. The third-order valence-electron chi connectivity index (χ3n) is 2.12. The van der Waals surface area contributed by atoms with Gasteiger partial charge in [-0.3, -0.25) is 0 Å². The van der Waals surface area contributed by atoms with Crippen molar-refractivity contribution in [1.82, 2.24) is 5.32 Å². The molecule has 0 aromatic rings. The molecule has 1 aliphatic carbocycles. The fraction of sp³-hybridized carbons (Fsp3) is 0.800. The second-order valence-electron chi connectivity index (χ2n) is 4.88. The molecule has 5 nitrogen and oxygen atoms in total. The van der Waals surface area contributed by atoms with Gasteiger partial charge in [0.2, 0.25) is 0 Å². The first-order chi connectivity index (χ1) is 6.76. The fourth-order valence-electron chi connectivity index (χ4n) is 1.46. The number of rotatable bonds is 1. The fourth-order valence-corrected chi connectivity index (χ4v) is 1.46. The second-order valence-corrected chi connectivity index (χ2v) is 4.88. The van der Waals surface area contributed by atoms with E-state index < -0.39 is 23.3 Å². The van der Waals surface area contributed by atoms with Gasteiger partial charge in [0.25, 0.3) is 0 Å². The van der Waals surface area contributed by atoms with Crippen molar-refractivity contribution in [3.63, 3.8) is 0 Å². The van der Waals surface area contributed by atoms with E-state index in [1.807, 2.05) is 6.07 Å². The Morgan fingerprint density at radius 3 is 2.47 bits per heavy atom. The molecule has 84 valence electrons. The normalized spacial score (nSPS) is 29.9. The number of aliphatic hydroxyl groups is 1. The van der Waals surface area contributed by atoms with Gasteiger partial charge in [-0.25, -0.2) is 4.79 Å². The maximum atomic E-state index is 11.4. The van der Waals surface area contributed by atoms with Crippen molar-refractivity contribution in [2.75, 3.05) is 0 Å². The minimum absolute atomic E-state index is 0.267. The summed E-state index contributed by atoms with van der Waals surface area (Å²) in [5, 5.41) is 20.5. The minimum atomic E-state index is -0.943. The molecule has 1 rings (SSSR count). The van der Waals surface area contributed by atoms with Crippen LogP contribution >= 0.6 is 0 Å². The first kappa shape index (κ1) is 11.8. The van der Waals surface area contributed by atoms with E-state index in [0.717, 1.165) is 0 Å². The number of nitrogens with zero attached hydrogens (tertiary/aromatic N) is 1. The summed E-state index contributed by atoms with van der Waals surface area (Å²) < 4.78 is 5.02. The number of hydrogen-bond donors (Lipinski definition) is 2. The SMILES string of the molecule is CC(C)(C)OC(=O)NC1(C#N)CC(O)C1. The first-order valence-electron chi connectivity index (χ1n) is 4.87. The van der Waals surface area contributed by atoms with Crippen molar-refractivity contribution in [3.8, 4) is 6.07 Å². The third-order valence-corrected chi connectivity index (χ3v) is 2.12. The molecule has 1 amide bonds. The van der Waals surface area contributed by atoms with E-state index in [1.165, 1.54) is 0 Å². The van der Waals surface area contributed by atoms with Gasteiger partial charge in [-0.2, -0.15) is 5.26 Å². The number of nitrogens with one attached hydrogen (secondary N) is 1. The third kappa shape index (κ3) is 3.10. The highest BCUT2D eigenvalue weighted by atomic mass is 16.6. The van der Waals surface area contributed by atoms with Crippen LogP contribution in [-0.4, -0.2) is 28.4 Å². The number of amides is 1. The Morgan fingerprint density at radius 2 is 2.13 bits per heavy atom. The lowest BCUT2D eigenvalue weighted by Crippen LogP contribution is -2.59. The van der Waals surface area contributed by atoms with Crippen LogP contribution in [0.3, 0.4) is 0 Å². The highest BCUT2D eigenvalue weighted by Crippen LogP contribution is 2.31. The Balaban J connectivity index is 2.48. The average Bonchev–Trinajstić information content (AvgIpc) is 1.97. The van der Waals surface area contributed by atoms with Gasteiger partial charge >= 0.3 is 6.09 Å². The van der Waals surface area contributed by atoms with E-state index in [-0.39, 0.29) is 12.8 Å². The molecule has 15 heavy (non-hydrogen) atoms. The van der Waals surface area contributed by atoms with E-state index in [9.17, 15) is 4.79 Å². The topological polar surface area (TPSA) is 82.3 Å². The Morgan fingerprint density at radius 1 is 1.60 bits per heavy atom. The standard InChI is InChI=1S/C10H16N2O3/c1-9(2,3)15-8(14)12-10(6-11)4-7(13)5-10/h7,13H,4-5H2,1-3H3,(H,12,14). The van der Waals surface area contributed by atoms with Crippen LogP contribution in [0.25, 0.3) is 0 Å². The summed E-state index contributed by atoms with van der Waals surface area (Å²) in [6, 6.07) is 1.99. The largest absolute Gasteiger partial charge is 0.444 e. The van der Waals surface area contributed by atoms with E-state index >= 15 is 0 Å². The molecule has 0 saturated heterocycles. The van der Waals surface area contributed by atoms with Crippen LogP contribution in [0.1, 0.15) is 33.6 Å². The van der Waals surface area contributed by atoms with E-state index in [1.54, 1.807) is 20.8 Å². The molecular weight excluding hydrogens is 196 g/mol. The molecule has 0 bridgehead atoms. The number of alkyl carbamates (subject to hydrolysis) is 1. The molecule has 1 fully saturated rings. The zero-order valence-corrected chi connectivity index (χ0v) is 9.20. The Labute approximate surface area is 89.0 Å². The van der Waals surface area contributed by atoms with Crippen molar-refractivity contribution in [2.24, 2.45) is 0 Å². The van der Waals surface area contributed by atoms with Gasteiger partial charge in [-0.05, 0) is 20.8 Å². The molecule has 0 aliphatic heterocycles. The Bertz CT molecular complexity index is 295. The Hall–Kier alpha value is -1.28. The molecule has 0 unspecified atom stereocenters. The second kappa shape index (κ2) is 3.70. The maximum Gasteiger partial charge on any atom is 0.408 e. The van der Waals surface area contributed by atoms with Crippen LogP contribution in [0.2, 0.25) is 0 Å². The minimum Gasteiger partial charge on any atom is -0.444 e. The van der Waals surface area contributed by atoms with E-state index in [2.05, 4.69) is 5.32 Å². The van der Waals surface area contributed by atoms with Gasteiger partial charge in [0.1, 0.15) is 11.1 Å². The van der Waals surface area contributed by atoms with Gasteiger partial charge in [0.05, 0.1) is 12.2 Å². The molecule has 0 aromatic carbocycles. The lowest BCUT2D eigenvalue weighted by atomic mass is 9.75. The summed E-state index contributed by atoms with van der Waals surface area (Å²) >= 11 is 0. The van der Waals surface area contributed by atoms with Gasteiger partial charge in [0.15, 0.2) is 0 Å². The molecule has 1 aliphatic rings. The van der Waals surface area contributed by atoms with Crippen molar-refractivity contribution in [2.45, 2.75) is 50.9 Å². The highest BCUT2D eigenvalue weighted by Gasteiger charge is 2.46. The van der Waals surface area contributed by atoms with Gasteiger partial charge in [0, 0.05) is 12.8 Å². The highest BCUT2D eigenvalue weighted by molar-refractivity contribution is 5.69. The van der Waals surface area contributed by atoms with E-state index in [0.29, 0.717) is 0 Å². The lowest BCUT2D eigenvalue weighted by Gasteiger charge is -2.40. The summed E-state index contributed by atoms with van der Waals surface area (Å²) in [7, 11) is 0. The summed E-state index contributed by atoms with van der Waals surface area (Å²) in [6.07, 6.45) is -0.582. The smallest absolute Gasteiger partial charge is 0.408 e. The molecule has 0 heterocycles. The lowest BCUT2D eigenvalue weighted by molar-refractivity contribution is 0.0113. The number of ether oxygens (including phenoxy) is 1. The summed E-state index contributed by atoms with van der Waals surface area (Å²) in [6.45, 7) is 5.25. The maximum absolute atomic E-state index is 11.4. The molecule has 2 N–H and O–H groups in total. The zero-order valence-electron chi connectivity index (χ0n) is 9.20. The van der Waals surface area contributed by atoms with E-state index in [4.69, 9.17) is 15.1 Å². The number of aliphatic hydroxyl groups excluding tert-OH is 1. The molecular formula is C10H16N2O3. The zero-order chi connectivity index (χ0) is 11.7. The predicted molar refractivity (Wildman–Crippen MR) is 53.0 cm³/mol.